The monoisotopic (exact) mass is 398 g/mol. The molecule has 7 heteroatoms. The van der Waals surface area contributed by atoms with Crippen molar-refractivity contribution in [3.05, 3.63) is 67.9 Å². The summed E-state index contributed by atoms with van der Waals surface area (Å²) in [6, 6.07) is 9.08. The number of nitrogens with two attached hydrogens (primary N) is 1. The summed E-state index contributed by atoms with van der Waals surface area (Å²) in [6.07, 6.45) is 1.75. The van der Waals surface area contributed by atoms with Crippen LogP contribution < -0.4 is 11.3 Å². The number of benzene rings is 1. The highest BCUT2D eigenvalue weighted by Crippen LogP contribution is 2.27. The second-order valence-corrected chi connectivity index (χ2v) is 6.60. The van der Waals surface area contributed by atoms with Crippen LogP contribution in [-0.2, 0) is 6.54 Å². The van der Waals surface area contributed by atoms with Gasteiger partial charge in [-0.05, 0) is 53.5 Å². The molecule has 2 aromatic heterocycles. The number of rotatable bonds is 3. The molecule has 0 aliphatic carbocycles. The average molecular weight is 399 g/mol. The van der Waals surface area contributed by atoms with Crippen molar-refractivity contribution in [3.63, 3.8) is 0 Å². The summed E-state index contributed by atoms with van der Waals surface area (Å²) in [5.41, 5.74) is 9.58. The molecule has 3 aromatic rings. The van der Waals surface area contributed by atoms with E-state index in [1.165, 1.54) is 0 Å². The number of halogens is 1. The number of hydrogen-bond acceptors (Lipinski definition) is 5. The lowest BCUT2D eigenvalue weighted by atomic mass is 10.1. The van der Waals surface area contributed by atoms with Gasteiger partial charge in [0.25, 0.3) is 5.56 Å². The third kappa shape index (κ3) is 3.21. The first-order valence-electron chi connectivity index (χ1n) is 7.52. The molecule has 0 amide bonds. The van der Waals surface area contributed by atoms with E-state index in [2.05, 4.69) is 27.2 Å². The SMILES string of the molecule is Cc1noc(C)c1-c1cc(N)c(=O)n(Cc2ccc(C#N)c(Br)c2)c1. The molecule has 0 saturated carbocycles. The fourth-order valence-corrected chi connectivity index (χ4v) is 3.27. The number of hydrogen-bond donors (Lipinski definition) is 1. The zero-order chi connectivity index (χ0) is 18.1. The Morgan fingerprint density at radius 3 is 2.72 bits per heavy atom. The smallest absolute Gasteiger partial charge is 0.274 e. The van der Waals surface area contributed by atoms with Gasteiger partial charge in [0.1, 0.15) is 11.8 Å². The van der Waals surface area contributed by atoms with Crippen LogP contribution in [0.15, 0.2) is 44.3 Å². The highest BCUT2D eigenvalue weighted by molar-refractivity contribution is 9.10. The van der Waals surface area contributed by atoms with Crippen molar-refractivity contribution in [1.29, 1.82) is 5.26 Å². The highest BCUT2D eigenvalue weighted by Gasteiger charge is 2.14. The topological polar surface area (TPSA) is 97.8 Å². The molecule has 0 unspecified atom stereocenters. The van der Waals surface area contributed by atoms with Crippen LogP contribution in [0.25, 0.3) is 11.1 Å². The molecule has 2 heterocycles. The van der Waals surface area contributed by atoms with E-state index < -0.39 is 0 Å². The molecule has 0 fully saturated rings. The average Bonchev–Trinajstić information content (AvgIpc) is 2.90. The van der Waals surface area contributed by atoms with Crippen LogP contribution in [-0.4, -0.2) is 9.72 Å². The van der Waals surface area contributed by atoms with Gasteiger partial charge in [0.15, 0.2) is 0 Å². The van der Waals surface area contributed by atoms with Crippen LogP contribution >= 0.6 is 15.9 Å². The largest absolute Gasteiger partial charge is 0.394 e. The molecule has 25 heavy (non-hydrogen) atoms. The number of nitrogen functional groups attached to an aromatic ring is 1. The minimum atomic E-state index is -0.268. The van der Waals surface area contributed by atoms with Gasteiger partial charge in [0.05, 0.1) is 23.5 Å². The van der Waals surface area contributed by atoms with Crippen molar-refractivity contribution in [2.24, 2.45) is 0 Å². The van der Waals surface area contributed by atoms with Gasteiger partial charge in [-0.2, -0.15) is 5.26 Å². The zero-order valence-electron chi connectivity index (χ0n) is 13.7. The number of nitriles is 1. The Hall–Kier alpha value is -2.85. The molecule has 126 valence electrons. The van der Waals surface area contributed by atoms with Crippen molar-refractivity contribution in [2.45, 2.75) is 20.4 Å². The van der Waals surface area contributed by atoms with Crippen molar-refractivity contribution in [3.8, 4) is 17.2 Å². The van der Waals surface area contributed by atoms with Gasteiger partial charge < -0.3 is 14.8 Å². The van der Waals surface area contributed by atoms with Gasteiger partial charge in [-0.1, -0.05) is 11.2 Å². The molecular formula is C18H15BrN4O2. The predicted octanol–water partition coefficient (Wildman–Crippen LogP) is 3.38. The van der Waals surface area contributed by atoms with Crippen LogP contribution in [0.3, 0.4) is 0 Å². The Labute approximate surface area is 152 Å². The van der Waals surface area contributed by atoms with E-state index in [1.54, 1.807) is 22.9 Å². The van der Waals surface area contributed by atoms with Gasteiger partial charge >= 0.3 is 0 Å². The van der Waals surface area contributed by atoms with E-state index in [0.717, 1.165) is 22.4 Å². The number of anilines is 1. The molecule has 6 nitrogen and oxygen atoms in total. The first-order valence-corrected chi connectivity index (χ1v) is 8.31. The summed E-state index contributed by atoms with van der Waals surface area (Å²) >= 11 is 3.36. The first-order chi connectivity index (χ1) is 11.9. The first kappa shape index (κ1) is 17.0. The van der Waals surface area contributed by atoms with Crippen LogP contribution in [0.1, 0.15) is 22.6 Å². The lowest BCUT2D eigenvalue weighted by Crippen LogP contribution is -2.23. The van der Waals surface area contributed by atoms with Gasteiger partial charge in [0.2, 0.25) is 0 Å². The highest BCUT2D eigenvalue weighted by atomic mass is 79.9. The second kappa shape index (κ2) is 6.57. The lowest BCUT2D eigenvalue weighted by Gasteiger charge is -2.11. The van der Waals surface area contributed by atoms with E-state index in [-0.39, 0.29) is 11.2 Å². The molecule has 0 aliphatic rings. The van der Waals surface area contributed by atoms with E-state index >= 15 is 0 Å². The number of aromatic nitrogens is 2. The van der Waals surface area contributed by atoms with E-state index in [4.69, 9.17) is 15.5 Å². The Balaban J connectivity index is 2.07. The Morgan fingerprint density at radius 2 is 2.12 bits per heavy atom. The normalized spacial score (nSPS) is 10.6. The second-order valence-electron chi connectivity index (χ2n) is 5.74. The van der Waals surface area contributed by atoms with Crippen LogP contribution in [0.2, 0.25) is 0 Å². The maximum atomic E-state index is 12.4. The molecular weight excluding hydrogens is 384 g/mol. The molecule has 0 saturated heterocycles. The van der Waals surface area contributed by atoms with Crippen LogP contribution in [0, 0.1) is 25.2 Å². The third-order valence-electron chi connectivity index (χ3n) is 3.94. The van der Waals surface area contributed by atoms with Gasteiger partial charge in [-0.25, -0.2) is 0 Å². The number of aryl methyl sites for hydroxylation is 2. The fraction of sp³-hybridized carbons (Fsp3) is 0.167. The van der Waals surface area contributed by atoms with Crippen LogP contribution in [0.4, 0.5) is 5.69 Å². The van der Waals surface area contributed by atoms with Gasteiger partial charge in [0, 0.05) is 21.8 Å². The standard InChI is InChI=1S/C18H15BrN4O2/c1-10-17(11(2)25-22-10)14-6-16(21)18(24)23(9-14)8-12-3-4-13(7-20)15(19)5-12/h3-6,9H,8,21H2,1-2H3. The molecule has 3 rings (SSSR count). The van der Waals surface area contributed by atoms with Crippen molar-refractivity contribution < 1.29 is 4.52 Å². The van der Waals surface area contributed by atoms with Gasteiger partial charge in [-0.3, -0.25) is 4.79 Å². The number of nitrogens with zero attached hydrogens (tertiary/aromatic N) is 3. The maximum absolute atomic E-state index is 12.4. The van der Waals surface area contributed by atoms with E-state index in [0.29, 0.717) is 22.3 Å². The molecule has 0 atom stereocenters. The fourth-order valence-electron chi connectivity index (χ4n) is 2.75. The Morgan fingerprint density at radius 1 is 1.36 bits per heavy atom. The third-order valence-corrected chi connectivity index (χ3v) is 4.60. The number of pyridine rings is 1. The summed E-state index contributed by atoms with van der Waals surface area (Å²) in [5.74, 6) is 0.670. The minimum absolute atomic E-state index is 0.158. The molecule has 0 radical (unpaired) electrons. The molecule has 0 spiro atoms. The summed E-state index contributed by atoms with van der Waals surface area (Å²) in [7, 11) is 0. The zero-order valence-corrected chi connectivity index (χ0v) is 15.3. The molecule has 2 N–H and O–H groups in total. The summed E-state index contributed by atoms with van der Waals surface area (Å²) in [6.45, 7) is 4.00. The Kier molecular flexibility index (Phi) is 4.47. The van der Waals surface area contributed by atoms with E-state index in [9.17, 15) is 4.79 Å². The van der Waals surface area contributed by atoms with Gasteiger partial charge in [-0.15, -0.1) is 0 Å². The molecule has 1 aromatic carbocycles. The minimum Gasteiger partial charge on any atom is -0.394 e. The summed E-state index contributed by atoms with van der Waals surface area (Å²) in [5, 5.41) is 13.0. The summed E-state index contributed by atoms with van der Waals surface area (Å²) < 4.78 is 7.44. The quantitative estimate of drug-likeness (QED) is 0.728. The maximum Gasteiger partial charge on any atom is 0.274 e. The van der Waals surface area contributed by atoms with Crippen molar-refractivity contribution in [1.82, 2.24) is 9.72 Å². The molecule has 0 bridgehead atoms. The van der Waals surface area contributed by atoms with Crippen molar-refractivity contribution >= 4 is 21.6 Å². The van der Waals surface area contributed by atoms with Crippen LogP contribution in [0.5, 0.6) is 0 Å². The lowest BCUT2D eigenvalue weighted by molar-refractivity contribution is 0.393. The summed E-state index contributed by atoms with van der Waals surface area (Å²) in [4.78, 5) is 12.4. The Bertz CT molecular complexity index is 1040. The van der Waals surface area contributed by atoms with E-state index in [1.807, 2.05) is 26.0 Å². The van der Waals surface area contributed by atoms with Crippen molar-refractivity contribution in [2.75, 3.05) is 5.73 Å². The molecule has 0 aliphatic heterocycles. The predicted molar refractivity (Wildman–Crippen MR) is 98.0 cm³/mol.